The van der Waals surface area contributed by atoms with Gasteiger partial charge in [-0.1, -0.05) is 6.07 Å². The van der Waals surface area contributed by atoms with Crippen LogP contribution in [-0.2, 0) is 6.54 Å². The van der Waals surface area contributed by atoms with Crippen molar-refractivity contribution in [2.75, 3.05) is 0 Å². The van der Waals surface area contributed by atoms with Crippen molar-refractivity contribution in [1.82, 2.24) is 9.78 Å². The minimum Gasteiger partial charge on any atom is -0.364 e. The van der Waals surface area contributed by atoms with Gasteiger partial charge in [0, 0.05) is 6.07 Å². The average molecular weight is 326 g/mol. The van der Waals surface area contributed by atoms with E-state index in [2.05, 4.69) is 21.0 Å². The highest BCUT2D eigenvalue weighted by Crippen LogP contribution is 2.17. The number of carbonyl (C=O) groups excluding carboxylic acids is 1. The molecule has 0 fully saturated rings. The second-order valence-corrected chi connectivity index (χ2v) is 4.68. The van der Waals surface area contributed by atoms with E-state index in [-0.39, 0.29) is 17.8 Å². The minimum absolute atomic E-state index is 0.000720. The Morgan fingerprint density at radius 2 is 2.11 bits per heavy atom. The molecule has 0 aliphatic carbocycles. The maximum atomic E-state index is 13.1. The van der Waals surface area contributed by atoms with Gasteiger partial charge in [-0.05, 0) is 39.7 Å². The van der Waals surface area contributed by atoms with E-state index in [1.165, 1.54) is 24.3 Å². The van der Waals surface area contributed by atoms with Gasteiger partial charge in [-0.2, -0.15) is 5.10 Å². The lowest BCUT2D eigenvalue weighted by Gasteiger charge is -2.06. The second kappa shape index (κ2) is 5.31. The number of nitrogens with two attached hydrogens (primary N) is 1. The molecule has 1 heterocycles. The summed E-state index contributed by atoms with van der Waals surface area (Å²) < 4.78 is 14.5. The summed E-state index contributed by atoms with van der Waals surface area (Å²) in [6.45, 7) is 0.124. The number of rotatable bonds is 3. The van der Waals surface area contributed by atoms with E-state index >= 15 is 0 Å². The molecule has 0 saturated carbocycles. The van der Waals surface area contributed by atoms with Crippen molar-refractivity contribution < 1.29 is 9.18 Å². The molecule has 5 nitrogen and oxygen atoms in total. The number of amides is 1. The summed E-state index contributed by atoms with van der Waals surface area (Å²) in [5, 5.41) is 3.84. The van der Waals surface area contributed by atoms with Crippen LogP contribution in [0.1, 0.15) is 16.1 Å². The lowest BCUT2D eigenvalue weighted by molar-refractivity contribution is 0.0993. The van der Waals surface area contributed by atoms with Crippen molar-refractivity contribution in [1.29, 1.82) is 0 Å². The van der Waals surface area contributed by atoms with Crippen molar-refractivity contribution in [2.45, 2.75) is 6.54 Å². The number of aromatic nitrogens is 2. The third-order valence-electron chi connectivity index (χ3n) is 2.44. The normalized spacial score (nSPS) is 10.4. The zero-order valence-electron chi connectivity index (χ0n) is 9.64. The maximum Gasteiger partial charge on any atom is 0.269 e. The first-order chi connectivity index (χ1) is 8.97. The Bertz CT molecular complexity index is 700. The predicted molar refractivity (Wildman–Crippen MR) is 70.2 cm³/mol. The van der Waals surface area contributed by atoms with E-state index < -0.39 is 11.7 Å². The van der Waals surface area contributed by atoms with Gasteiger partial charge in [0.05, 0.1) is 11.0 Å². The zero-order valence-corrected chi connectivity index (χ0v) is 11.2. The van der Waals surface area contributed by atoms with Crippen LogP contribution in [0.15, 0.2) is 39.6 Å². The van der Waals surface area contributed by atoms with Crippen LogP contribution < -0.4 is 11.3 Å². The average Bonchev–Trinajstić information content (AvgIpc) is 2.36. The molecule has 0 radical (unpaired) electrons. The van der Waals surface area contributed by atoms with Crippen LogP contribution in [0, 0.1) is 5.82 Å². The van der Waals surface area contributed by atoms with Gasteiger partial charge in [-0.3, -0.25) is 9.59 Å². The van der Waals surface area contributed by atoms with Crippen LogP contribution >= 0.6 is 15.9 Å². The lowest BCUT2D eigenvalue weighted by atomic mass is 10.2. The molecule has 1 amide bonds. The number of halogens is 2. The van der Waals surface area contributed by atoms with Crippen molar-refractivity contribution in [3.8, 4) is 0 Å². The van der Waals surface area contributed by atoms with Gasteiger partial charge < -0.3 is 5.73 Å². The summed E-state index contributed by atoms with van der Waals surface area (Å²) in [5.41, 5.74) is 5.40. The van der Waals surface area contributed by atoms with Crippen molar-refractivity contribution in [3.05, 3.63) is 62.2 Å². The third-order valence-corrected chi connectivity index (χ3v) is 3.04. The number of hydrogen-bond donors (Lipinski definition) is 1. The summed E-state index contributed by atoms with van der Waals surface area (Å²) in [6, 6.07) is 6.83. The standard InChI is InChI=1S/C12H9BrFN3O2/c13-8-5-7(1-2-9(8)14)6-17-11(18)4-3-10(16-17)12(15)19/h1-5H,6H2,(H2,15,19). The molecule has 1 aromatic heterocycles. The molecule has 1 aromatic carbocycles. The molecule has 0 aliphatic rings. The SMILES string of the molecule is NC(=O)c1ccc(=O)n(Cc2ccc(F)c(Br)c2)n1. The molecular formula is C12H9BrFN3O2. The largest absolute Gasteiger partial charge is 0.364 e. The van der Waals surface area contributed by atoms with Crippen LogP contribution in [0.4, 0.5) is 4.39 Å². The molecule has 0 aliphatic heterocycles. The zero-order chi connectivity index (χ0) is 14.0. The summed E-state index contributed by atoms with van der Waals surface area (Å²) in [6.07, 6.45) is 0. The molecule has 7 heteroatoms. The van der Waals surface area contributed by atoms with Gasteiger partial charge in [-0.25, -0.2) is 9.07 Å². The van der Waals surface area contributed by atoms with Crippen LogP contribution in [0.25, 0.3) is 0 Å². The van der Waals surface area contributed by atoms with E-state index in [1.54, 1.807) is 6.07 Å². The first-order valence-electron chi connectivity index (χ1n) is 5.29. The molecule has 2 N–H and O–H groups in total. The van der Waals surface area contributed by atoms with E-state index in [9.17, 15) is 14.0 Å². The molecule has 0 spiro atoms. The molecule has 0 saturated heterocycles. The van der Waals surface area contributed by atoms with Crippen molar-refractivity contribution in [2.24, 2.45) is 5.73 Å². The Balaban J connectivity index is 2.37. The van der Waals surface area contributed by atoms with Gasteiger partial charge in [0.2, 0.25) is 0 Å². The van der Waals surface area contributed by atoms with E-state index in [0.29, 0.717) is 10.0 Å². The fourth-order valence-corrected chi connectivity index (χ4v) is 1.93. The van der Waals surface area contributed by atoms with Gasteiger partial charge in [0.1, 0.15) is 11.5 Å². The van der Waals surface area contributed by atoms with Crippen molar-refractivity contribution >= 4 is 21.8 Å². The van der Waals surface area contributed by atoms with Gasteiger partial charge >= 0.3 is 0 Å². The first-order valence-corrected chi connectivity index (χ1v) is 6.08. The number of benzene rings is 1. The summed E-state index contributed by atoms with van der Waals surface area (Å²) in [7, 11) is 0. The molecule has 0 atom stereocenters. The molecule has 98 valence electrons. The summed E-state index contributed by atoms with van der Waals surface area (Å²) in [4.78, 5) is 22.6. The van der Waals surface area contributed by atoms with Gasteiger partial charge in [-0.15, -0.1) is 0 Å². The molecular weight excluding hydrogens is 317 g/mol. The smallest absolute Gasteiger partial charge is 0.269 e. The fourth-order valence-electron chi connectivity index (χ4n) is 1.50. The van der Waals surface area contributed by atoms with E-state index in [1.807, 2.05) is 0 Å². The molecule has 19 heavy (non-hydrogen) atoms. The summed E-state index contributed by atoms with van der Waals surface area (Å²) >= 11 is 3.06. The lowest BCUT2D eigenvalue weighted by Crippen LogP contribution is -2.26. The Kier molecular flexibility index (Phi) is 3.75. The predicted octanol–water partition coefficient (Wildman–Crippen LogP) is 1.29. The van der Waals surface area contributed by atoms with E-state index in [4.69, 9.17) is 5.73 Å². The van der Waals surface area contributed by atoms with Crippen LogP contribution in [-0.4, -0.2) is 15.7 Å². The van der Waals surface area contributed by atoms with Gasteiger partial charge in [0.15, 0.2) is 0 Å². The van der Waals surface area contributed by atoms with Crippen LogP contribution in [0.2, 0.25) is 0 Å². The Labute approximate surface area is 116 Å². The monoisotopic (exact) mass is 325 g/mol. The summed E-state index contributed by atoms with van der Waals surface area (Å²) in [5.74, 6) is -1.11. The number of hydrogen-bond acceptors (Lipinski definition) is 3. The topological polar surface area (TPSA) is 78.0 Å². The first kappa shape index (κ1) is 13.4. The number of carbonyl (C=O) groups is 1. The highest BCUT2D eigenvalue weighted by Gasteiger charge is 2.07. The Morgan fingerprint density at radius 1 is 1.37 bits per heavy atom. The fraction of sp³-hybridized carbons (Fsp3) is 0.0833. The Hall–Kier alpha value is -2.02. The number of primary amides is 1. The van der Waals surface area contributed by atoms with E-state index in [0.717, 1.165) is 4.68 Å². The maximum absolute atomic E-state index is 13.1. The molecule has 0 unspecified atom stereocenters. The van der Waals surface area contributed by atoms with Crippen LogP contribution in [0.3, 0.4) is 0 Å². The van der Waals surface area contributed by atoms with Gasteiger partial charge in [0.25, 0.3) is 11.5 Å². The molecule has 2 aromatic rings. The highest BCUT2D eigenvalue weighted by atomic mass is 79.9. The molecule has 2 rings (SSSR count). The molecule has 0 bridgehead atoms. The third kappa shape index (κ3) is 3.05. The number of nitrogens with zero attached hydrogens (tertiary/aromatic N) is 2. The quantitative estimate of drug-likeness (QED) is 0.923. The van der Waals surface area contributed by atoms with Crippen LogP contribution in [0.5, 0.6) is 0 Å². The van der Waals surface area contributed by atoms with Crippen molar-refractivity contribution in [3.63, 3.8) is 0 Å². The second-order valence-electron chi connectivity index (χ2n) is 3.83. The highest BCUT2D eigenvalue weighted by molar-refractivity contribution is 9.10. The minimum atomic E-state index is -0.714. The Morgan fingerprint density at radius 3 is 2.74 bits per heavy atom.